The van der Waals surface area contributed by atoms with Gasteiger partial charge in [0.2, 0.25) is 0 Å². The van der Waals surface area contributed by atoms with Crippen LogP contribution >= 0.6 is 11.3 Å². The van der Waals surface area contributed by atoms with Crippen molar-refractivity contribution < 1.29 is 14.7 Å². The Balaban J connectivity index is 1.76. The van der Waals surface area contributed by atoms with E-state index in [1.54, 1.807) is 0 Å². The molecule has 6 nitrogen and oxygen atoms in total. The van der Waals surface area contributed by atoms with Gasteiger partial charge in [-0.05, 0) is 30.3 Å². The molecule has 1 amide bonds. The number of hydrogen-bond donors (Lipinski definition) is 2. The number of nitrogens with zero attached hydrogens (tertiary/aromatic N) is 2. The standard InChI is InChI=1S/C20H13N3O3S/c21-11-15(19(24)22-16-8-6-14(7-9-16)20(25)26)10-18-23-17(12-27-18)13-4-2-1-3-5-13/h1-10,12H,(H,22,24)(H,25,26)/b15-10-. The molecular weight excluding hydrogens is 362 g/mol. The van der Waals surface area contributed by atoms with E-state index in [1.807, 2.05) is 41.8 Å². The molecule has 0 unspecified atom stereocenters. The van der Waals surface area contributed by atoms with Crippen LogP contribution < -0.4 is 5.32 Å². The molecule has 0 aliphatic carbocycles. The van der Waals surface area contributed by atoms with Gasteiger partial charge in [-0.3, -0.25) is 4.79 Å². The number of benzene rings is 2. The van der Waals surface area contributed by atoms with E-state index in [0.717, 1.165) is 11.3 Å². The van der Waals surface area contributed by atoms with Crippen LogP contribution in [0.3, 0.4) is 0 Å². The van der Waals surface area contributed by atoms with Gasteiger partial charge in [0.05, 0.1) is 11.3 Å². The molecule has 27 heavy (non-hydrogen) atoms. The first-order valence-electron chi connectivity index (χ1n) is 7.84. The van der Waals surface area contributed by atoms with Crippen LogP contribution in [-0.2, 0) is 4.79 Å². The van der Waals surface area contributed by atoms with Gasteiger partial charge in [0.15, 0.2) is 0 Å². The number of nitrogens with one attached hydrogen (secondary N) is 1. The largest absolute Gasteiger partial charge is 0.478 e. The quantitative estimate of drug-likeness (QED) is 0.517. The fourth-order valence-electron chi connectivity index (χ4n) is 2.26. The van der Waals surface area contributed by atoms with E-state index in [2.05, 4.69) is 10.3 Å². The summed E-state index contributed by atoms with van der Waals surface area (Å²) >= 11 is 1.33. The van der Waals surface area contributed by atoms with E-state index in [9.17, 15) is 14.9 Å². The lowest BCUT2D eigenvalue weighted by atomic mass is 10.2. The summed E-state index contributed by atoms with van der Waals surface area (Å²) in [5.74, 6) is -1.64. The third-order valence-corrected chi connectivity index (χ3v) is 4.41. The molecule has 0 spiro atoms. The maximum atomic E-state index is 12.3. The number of thiazole rings is 1. The molecule has 0 atom stereocenters. The lowest BCUT2D eigenvalue weighted by Crippen LogP contribution is -2.13. The maximum Gasteiger partial charge on any atom is 0.335 e. The lowest BCUT2D eigenvalue weighted by Gasteiger charge is -2.04. The number of anilines is 1. The second-order valence-corrected chi connectivity index (χ2v) is 6.33. The average molecular weight is 375 g/mol. The number of aromatic nitrogens is 1. The summed E-state index contributed by atoms with van der Waals surface area (Å²) in [5.41, 5.74) is 2.14. The number of nitriles is 1. The lowest BCUT2D eigenvalue weighted by molar-refractivity contribution is -0.112. The molecule has 0 saturated carbocycles. The minimum atomic E-state index is -1.05. The van der Waals surface area contributed by atoms with Crippen LogP contribution in [-0.4, -0.2) is 22.0 Å². The smallest absolute Gasteiger partial charge is 0.335 e. The zero-order valence-corrected chi connectivity index (χ0v) is 14.7. The molecule has 132 valence electrons. The van der Waals surface area contributed by atoms with Gasteiger partial charge >= 0.3 is 5.97 Å². The highest BCUT2D eigenvalue weighted by atomic mass is 32.1. The van der Waals surface area contributed by atoms with Gasteiger partial charge in [0, 0.05) is 16.6 Å². The minimum absolute atomic E-state index is 0.0914. The number of amides is 1. The molecule has 3 rings (SSSR count). The Bertz CT molecular complexity index is 1050. The number of aromatic carboxylic acids is 1. The molecule has 3 aromatic rings. The predicted molar refractivity (Wildman–Crippen MR) is 103 cm³/mol. The van der Waals surface area contributed by atoms with Gasteiger partial charge in [-0.25, -0.2) is 9.78 Å². The summed E-state index contributed by atoms with van der Waals surface area (Å²) in [5, 5.41) is 23.2. The molecule has 1 heterocycles. The Morgan fingerprint density at radius 2 is 1.81 bits per heavy atom. The molecule has 0 aliphatic heterocycles. The first kappa shape index (κ1) is 18.0. The Hall–Kier alpha value is -3.76. The van der Waals surface area contributed by atoms with Crippen LogP contribution in [0.5, 0.6) is 0 Å². The zero-order chi connectivity index (χ0) is 19.2. The van der Waals surface area contributed by atoms with Crippen molar-refractivity contribution in [2.45, 2.75) is 0 Å². The molecule has 7 heteroatoms. The zero-order valence-electron chi connectivity index (χ0n) is 13.9. The van der Waals surface area contributed by atoms with Crippen LogP contribution in [0.4, 0.5) is 5.69 Å². The van der Waals surface area contributed by atoms with Crippen molar-refractivity contribution in [3.63, 3.8) is 0 Å². The summed E-state index contributed by atoms with van der Waals surface area (Å²) in [6.45, 7) is 0. The van der Waals surface area contributed by atoms with E-state index in [-0.39, 0.29) is 11.1 Å². The van der Waals surface area contributed by atoms with Crippen LogP contribution in [0.2, 0.25) is 0 Å². The molecule has 1 aromatic heterocycles. The van der Waals surface area contributed by atoms with Crippen molar-refractivity contribution in [1.29, 1.82) is 5.26 Å². The third-order valence-electron chi connectivity index (χ3n) is 3.61. The number of carbonyl (C=O) groups excluding carboxylic acids is 1. The van der Waals surface area contributed by atoms with E-state index < -0.39 is 11.9 Å². The summed E-state index contributed by atoms with van der Waals surface area (Å²) in [6, 6.07) is 17.2. The van der Waals surface area contributed by atoms with E-state index in [0.29, 0.717) is 10.7 Å². The second-order valence-electron chi connectivity index (χ2n) is 5.44. The molecule has 0 fully saturated rings. The fourth-order valence-corrected chi connectivity index (χ4v) is 3.02. The summed E-state index contributed by atoms with van der Waals surface area (Å²) < 4.78 is 0. The Morgan fingerprint density at radius 1 is 1.11 bits per heavy atom. The summed E-state index contributed by atoms with van der Waals surface area (Å²) in [7, 11) is 0. The van der Waals surface area contributed by atoms with Crippen molar-refractivity contribution in [3.8, 4) is 17.3 Å². The van der Waals surface area contributed by atoms with Crippen molar-refractivity contribution in [1.82, 2.24) is 4.98 Å². The highest BCUT2D eigenvalue weighted by Crippen LogP contribution is 2.23. The molecular formula is C20H13N3O3S. The molecule has 0 radical (unpaired) electrons. The number of carbonyl (C=O) groups is 2. The molecule has 0 aliphatic rings. The molecule has 2 aromatic carbocycles. The topological polar surface area (TPSA) is 103 Å². The molecule has 2 N–H and O–H groups in total. The number of hydrogen-bond acceptors (Lipinski definition) is 5. The van der Waals surface area contributed by atoms with Gasteiger partial charge in [-0.1, -0.05) is 30.3 Å². The van der Waals surface area contributed by atoms with Crippen LogP contribution in [0, 0.1) is 11.3 Å². The van der Waals surface area contributed by atoms with E-state index in [1.165, 1.54) is 41.7 Å². The highest BCUT2D eigenvalue weighted by Gasteiger charge is 2.12. The van der Waals surface area contributed by atoms with Crippen LogP contribution in [0.15, 0.2) is 65.6 Å². The van der Waals surface area contributed by atoms with Crippen LogP contribution in [0.25, 0.3) is 17.3 Å². The number of carboxylic acid groups (broad SMARTS) is 1. The van der Waals surface area contributed by atoms with Gasteiger partial charge < -0.3 is 10.4 Å². The summed E-state index contributed by atoms with van der Waals surface area (Å²) in [4.78, 5) is 27.6. The SMILES string of the molecule is N#C/C(=C/c1nc(-c2ccccc2)cs1)C(=O)Nc1ccc(C(=O)O)cc1. The molecule has 0 saturated heterocycles. The van der Waals surface area contributed by atoms with Crippen LogP contribution in [0.1, 0.15) is 15.4 Å². The van der Waals surface area contributed by atoms with Crippen molar-refractivity contribution >= 4 is 35.0 Å². The van der Waals surface area contributed by atoms with E-state index in [4.69, 9.17) is 5.11 Å². The second kappa shape index (κ2) is 8.08. The van der Waals surface area contributed by atoms with Gasteiger partial charge in [0.1, 0.15) is 16.6 Å². The fraction of sp³-hybridized carbons (Fsp3) is 0. The Labute approximate surface area is 159 Å². The predicted octanol–water partition coefficient (Wildman–Crippen LogP) is 4.05. The van der Waals surface area contributed by atoms with Gasteiger partial charge in [-0.2, -0.15) is 5.26 Å². The van der Waals surface area contributed by atoms with Crippen molar-refractivity contribution in [3.05, 3.63) is 76.1 Å². The molecule has 0 bridgehead atoms. The third kappa shape index (κ3) is 4.45. The van der Waals surface area contributed by atoms with E-state index >= 15 is 0 Å². The monoisotopic (exact) mass is 375 g/mol. The minimum Gasteiger partial charge on any atom is -0.478 e. The average Bonchev–Trinajstić information content (AvgIpc) is 3.16. The normalized spacial score (nSPS) is 10.9. The first-order valence-corrected chi connectivity index (χ1v) is 8.72. The first-order chi connectivity index (χ1) is 13.1. The number of carboxylic acids is 1. The Morgan fingerprint density at radius 3 is 2.44 bits per heavy atom. The summed E-state index contributed by atoms with van der Waals surface area (Å²) in [6.07, 6.45) is 1.43. The van der Waals surface area contributed by atoms with Crippen molar-refractivity contribution in [2.75, 3.05) is 5.32 Å². The van der Waals surface area contributed by atoms with Gasteiger partial charge in [-0.15, -0.1) is 11.3 Å². The van der Waals surface area contributed by atoms with Gasteiger partial charge in [0.25, 0.3) is 5.91 Å². The number of rotatable bonds is 5. The highest BCUT2D eigenvalue weighted by molar-refractivity contribution is 7.10. The Kier molecular flexibility index (Phi) is 5.40. The maximum absolute atomic E-state index is 12.3. The van der Waals surface area contributed by atoms with Crippen molar-refractivity contribution in [2.24, 2.45) is 0 Å².